The lowest BCUT2D eigenvalue weighted by atomic mass is 10.1. The van der Waals surface area contributed by atoms with Crippen LogP contribution in [0.4, 0.5) is 0 Å². The first kappa shape index (κ1) is 12.5. The summed E-state index contributed by atoms with van der Waals surface area (Å²) in [5, 5.41) is 11.2. The maximum atomic E-state index is 10.9. The highest BCUT2D eigenvalue weighted by molar-refractivity contribution is 5.84. The first-order valence-corrected chi connectivity index (χ1v) is 5.84. The van der Waals surface area contributed by atoms with Crippen molar-refractivity contribution in [3.05, 3.63) is 42.2 Å². The highest BCUT2D eigenvalue weighted by Gasteiger charge is 2.17. The maximum Gasteiger partial charge on any atom is 0.320 e. The largest absolute Gasteiger partial charge is 0.480 e. The Bertz CT molecular complexity index is 563. The van der Waals surface area contributed by atoms with Gasteiger partial charge in [0.05, 0.1) is 0 Å². The van der Waals surface area contributed by atoms with E-state index in [1.807, 2.05) is 42.4 Å². The van der Waals surface area contributed by atoms with Gasteiger partial charge in [0, 0.05) is 24.3 Å². The van der Waals surface area contributed by atoms with Crippen LogP contribution >= 0.6 is 0 Å². The van der Waals surface area contributed by atoms with E-state index in [0.29, 0.717) is 6.54 Å². The summed E-state index contributed by atoms with van der Waals surface area (Å²) in [5.74, 6) is -0.806. The van der Waals surface area contributed by atoms with E-state index in [1.165, 1.54) is 0 Å². The van der Waals surface area contributed by atoms with E-state index in [1.54, 1.807) is 13.1 Å². The fourth-order valence-electron chi connectivity index (χ4n) is 1.92. The van der Waals surface area contributed by atoms with Gasteiger partial charge in [-0.25, -0.2) is 0 Å². The molecule has 4 heteroatoms. The second-order valence-corrected chi connectivity index (χ2v) is 4.44. The summed E-state index contributed by atoms with van der Waals surface area (Å²) in [6.45, 7) is 2.30. The number of benzene rings is 1. The van der Waals surface area contributed by atoms with Gasteiger partial charge in [-0.3, -0.25) is 14.7 Å². The Labute approximate surface area is 106 Å². The minimum absolute atomic E-state index is 0.498. The average Bonchev–Trinajstić information content (AvgIpc) is 2.38. The summed E-state index contributed by atoms with van der Waals surface area (Å²) < 4.78 is 0. The van der Waals surface area contributed by atoms with Crippen molar-refractivity contribution in [3.63, 3.8) is 0 Å². The third-order valence-corrected chi connectivity index (χ3v) is 3.21. The molecule has 0 saturated carbocycles. The number of nitrogens with zero attached hydrogens (tertiary/aromatic N) is 2. The van der Waals surface area contributed by atoms with Crippen LogP contribution < -0.4 is 0 Å². The molecular formula is C14H16N2O2. The minimum atomic E-state index is -0.806. The van der Waals surface area contributed by atoms with Gasteiger partial charge >= 0.3 is 5.97 Å². The zero-order chi connectivity index (χ0) is 13.1. The second kappa shape index (κ2) is 5.14. The van der Waals surface area contributed by atoms with Crippen molar-refractivity contribution in [2.45, 2.75) is 19.5 Å². The highest BCUT2D eigenvalue weighted by Crippen LogP contribution is 2.19. The summed E-state index contributed by atoms with van der Waals surface area (Å²) in [6, 6.07) is 7.46. The van der Waals surface area contributed by atoms with Crippen LogP contribution in [-0.4, -0.2) is 34.0 Å². The Morgan fingerprint density at radius 3 is 2.94 bits per heavy atom. The molecule has 1 atom stereocenters. The number of carboxylic acids is 1. The van der Waals surface area contributed by atoms with Crippen molar-refractivity contribution >= 4 is 16.7 Å². The Hall–Kier alpha value is -1.94. The van der Waals surface area contributed by atoms with Gasteiger partial charge in [0.1, 0.15) is 6.04 Å². The number of pyridine rings is 1. The molecule has 1 N–H and O–H groups in total. The number of carbonyl (C=O) groups is 1. The Balaban J connectivity index is 2.29. The minimum Gasteiger partial charge on any atom is -0.480 e. The number of fused-ring (bicyclic) bond motifs is 1. The van der Waals surface area contributed by atoms with Gasteiger partial charge in [0.25, 0.3) is 0 Å². The van der Waals surface area contributed by atoms with E-state index < -0.39 is 12.0 Å². The molecule has 1 unspecified atom stereocenters. The van der Waals surface area contributed by atoms with Crippen LogP contribution in [0.5, 0.6) is 0 Å². The first-order valence-electron chi connectivity index (χ1n) is 5.84. The van der Waals surface area contributed by atoms with Gasteiger partial charge in [0.2, 0.25) is 0 Å². The van der Waals surface area contributed by atoms with Crippen molar-refractivity contribution in [2.75, 3.05) is 7.05 Å². The van der Waals surface area contributed by atoms with E-state index in [2.05, 4.69) is 4.98 Å². The fourth-order valence-corrected chi connectivity index (χ4v) is 1.92. The second-order valence-electron chi connectivity index (χ2n) is 4.44. The molecule has 0 amide bonds. The molecule has 94 valence electrons. The van der Waals surface area contributed by atoms with Gasteiger partial charge in [-0.15, -0.1) is 0 Å². The predicted molar refractivity (Wildman–Crippen MR) is 70.3 cm³/mol. The fraction of sp³-hybridized carbons (Fsp3) is 0.286. The van der Waals surface area contributed by atoms with Gasteiger partial charge in [-0.05, 0) is 31.0 Å². The molecule has 0 spiro atoms. The molecule has 0 aliphatic heterocycles. The molecule has 4 nitrogen and oxygen atoms in total. The smallest absolute Gasteiger partial charge is 0.320 e. The molecule has 1 heterocycles. The van der Waals surface area contributed by atoms with E-state index in [-0.39, 0.29) is 0 Å². The molecular weight excluding hydrogens is 228 g/mol. The number of rotatable bonds is 4. The predicted octanol–water partition coefficient (Wildman–Crippen LogP) is 2.14. The first-order chi connectivity index (χ1) is 8.59. The standard InChI is InChI=1S/C14H16N2O2/c1-10(14(17)18)16(2)9-12-5-3-4-11-8-15-7-6-13(11)12/h3-8,10H,9H2,1-2H3,(H,17,18). The highest BCUT2D eigenvalue weighted by atomic mass is 16.4. The lowest BCUT2D eigenvalue weighted by molar-refractivity contribution is -0.142. The molecule has 0 aliphatic rings. The molecule has 0 radical (unpaired) electrons. The number of aromatic nitrogens is 1. The van der Waals surface area contributed by atoms with Crippen LogP contribution in [0.25, 0.3) is 10.8 Å². The molecule has 0 bridgehead atoms. The maximum absolute atomic E-state index is 10.9. The van der Waals surface area contributed by atoms with Gasteiger partial charge in [-0.2, -0.15) is 0 Å². The van der Waals surface area contributed by atoms with Crippen molar-refractivity contribution in [1.82, 2.24) is 9.88 Å². The number of likely N-dealkylation sites (N-methyl/N-ethyl adjacent to an activating group) is 1. The third-order valence-electron chi connectivity index (χ3n) is 3.21. The SMILES string of the molecule is CC(C(=O)O)N(C)Cc1cccc2cnccc12. The zero-order valence-electron chi connectivity index (χ0n) is 10.5. The van der Waals surface area contributed by atoms with Crippen molar-refractivity contribution < 1.29 is 9.90 Å². The molecule has 2 rings (SSSR count). The van der Waals surface area contributed by atoms with Gasteiger partial charge in [-0.1, -0.05) is 18.2 Å². The normalized spacial score (nSPS) is 12.8. The van der Waals surface area contributed by atoms with Crippen molar-refractivity contribution in [3.8, 4) is 0 Å². The van der Waals surface area contributed by atoms with Gasteiger partial charge < -0.3 is 5.11 Å². The summed E-state index contributed by atoms with van der Waals surface area (Å²) in [6.07, 6.45) is 3.58. The summed E-state index contributed by atoms with van der Waals surface area (Å²) in [7, 11) is 1.82. The molecule has 1 aromatic carbocycles. The number of hydrogen-bond donors (Lipinski definition) is 1. The molecule has 0 saturated heterocycles. The lowest BCUT2D eigenvalue weighted by Crippen LogP contribution is -2.35. The monoisotopic (exact) mass is 244 g/mol. The zero-order valence-corrected chi connectivity index (χ0v) is 10.5. The van der Waals surface area contributed by atoms with E-state index in [0.717, 1.165) is 16.3 Å². The molecule has 1 aromatic heterocycles. The van der Waals surface area contributed by atoms with Crippen LogP contribution in [-0.2, 0) is 11.3 Å². The van der Waals surface area contributed by atoms with Crippen LogP contribution in [0, 0.1) is 0 Å². The summed E-state index contributed by atoms with van der Waals surface area (Å²) in [4.78, 5) is 16.8. The Kier molecular flexibility index (Phi) is 3.58. The van der Waals surface area contributed by atoms with Crippen LogP contribution in [0.2, 0.25) is 0 Å². The van der Waals surface area contributed by atoms with Gasteiger partial charge in [0.15, 0.2) is 0 Å². The van der Waals surface area contributed by atoms with Crippen molar-refractivity contribution in [2.24, 2.45) is 0 Å². The molecule has 0 aliphatic carbocycles. The quantitative estimate of drug-likeness (QED) is 0.895. The van der Waals surface area contributed by atoms with Crippen LogP contribution in [0.3, 0.4) is 0 Å². The number of hydrogen-bond acceptors (Lipinski definition) is 3. The third kappa shape index (κ3) is 2.49. The van der Waals surface area contributed by atoms with Crippen LogP contribution in [0.1, 0.15) is 12.5 Å². The summed E-state index contributed by atoms with van der Waals surface area (Å²) >= 11 is 0. The van der Waals surface area contributed by atoms with E-state index in [9.17, 15) is 4.79 Å². The number of carboxylic acid groups (broad SMARTS) is 1. The van der Waals surface area contributed by atoms with Crippen LogP contribution in [0.15, 0.2) is 36.7 Å². The molecule has 18 heavy (non-hydrogen) atoms. The molecule has 0 fully saturated rings. The number of aliphatic carboxylic acids is 1. The lowest BCUT2D eigenvalue weighted by Gasteiger charge is -2.21. The topological polar surface area (TPSA) is 53.4 Å². The summed E-state index contributed by atoms with van der Waals surface area (Å²) in [5.41, 5.74) is 1.12. The van der Waals surface area contributed by atoms with E-state index in [4.69, 9.17) is 5.11 Å². The van der Waals surface area contributed by atoms with Crippen molar-refractivity contribution in [1.29, 1.82) is 0 Å². The Morgan fingerprint density at radius 1 is 1.44 bits per heavy atom. The average molecular weight is 244 g/mol. The van der Waals surface area contributed by atoms with E-state index >= 15 is 0 Å². The Morgan fingerprint density at radius 2 is 2.22 bits per heavy atom. The molecule has 2 aromatic rings.